The quantitative estimate of drug-likeness (QED) is 0.286. The van der Waals surface area contributed by atoms with Crippen molar-refractivity contribution >= 4 is 23.8 Å². The van der Waals surface area contributed by atoms with Crippen LogP contribution in [0.2, 0.25) is 0 Å². The average molecular weight is 455 g/mol. The Labute approximate surface area is 190 Å². The number of H-pyrrole nitrogens is 1. The normalized spacial score (nSPS) is 19.2. The van der Waals surface area contributed by atoms with Crippen LogP contribution in [0.5, 0.6) is 0 Å². The molecule has 1 aromatic heterocycles. The molecule has 1 aliphatic rings. The largest absolute Gasteiger partial charge is 0.393 e. The molecule has 0 radical (unpaired) electrons. The third-order valence-corrected chi connectivity index (χ3v) is 5.75. The zero-order valence-electron chi connectivity index (χ0n) is 18.5. The lowest BCUT2D eigenvalue weighted by molar-refractivity contribution is -0.126. The van der Waals surface area contributed by atoms with E-state index in [1.807, 2.05) is 6.92 Å². The molecule has 1 aliphatic carbocycles. The van der Waals surface area contributed by atoms with Crippen LogP contribution in [0.4, 0.5) is 4.39 Å². The second kappa shape index (κ2) is 10.2. The lowest BCUT2D eigenvalue weighted by Gasteiger charge is -2.30. The Balaban J connectivity index is 1.85. The maximum Gasteiger partial charge on any atom is 0.266 e. The molecule has 0 bridgehead atoms. The fourth-order valence-corrected chi connectivity index (χ4v) is 4.05. The highest BCUT2D eigenvalue weighted by Crippen LogP contribution is 2.34. The van der Waals surface area contributed by atoms with E-state index >= 15 is 0 Å². The molecule has 2 amide bonds. The van der Waals surface area contributed by atoms with Crippen LogP contribution in [0.1, 0.15) is 41.7 Å². The minimum Gasteiger partial charge on any atom is -0.393 e. The topological polar surface area (TPSA) is 156 Å². The van der Waals surface area contributed by atoms with Gasteiger partial charge >= 0.3 is 0 Å². The highest BCUT2D eigenvalue weighted by Gasteiger charge is 2.37. The molecule has 10 heteroatoms. The first-order valence-corrected chi connectivity index (χ1v) is 10.6. The summed E-state index contributed by atoms with van der Waals surface area (Å²) in [5.41, 5.74) is 12.4. The summed E-state index contributed by atoms with van der Waals surface area (Å²) in [6.07, 6.45) is 3.60. The third kappa shape index (κ3) is 5.33. The molecule has 2 atom stereocenters. The summed E-state index contributed by atoms with van der Waals surface area (Å²) in [6.45, 7) is 1.84. The predicted molar refractivity (Wildman–Crippen MR) is 121 cm³/mol. The lowest BCUT2D eigenvalue weighted by Crippen LogP contribution is -2.41. The fraction of sp³-hybridized carbons (Fsp3) is 0.348. The van der Waals surface area contributed by atoms with Crippen molar-refractivity contribution in [3.05, 3.63) is 52.7 Å². The number of nitrogens with one attached hydrogen (secondary N) is 2. The van der Waals surface area contributed by atoms with Gasteiger partial charge in [-0.2, -0.15) is 5.10 Å². The van der Waals surface area contributed by atoms with Gasteiger partial charge in [-0.15, -0.1) is 0 Å². The van der Waals surface area contributed by atoms with Crippen molar-refractivity contribution in [2.75, 3.05) is 7.05 Å². The molecular weight excluding hydrogens is 427 g/mol. The molecule has 6 N–H and O–H groups in total. The first kappa shape index (κ1) is 23.8. The molecule has 1 fully saturated rings. The van der Waals surface area contributed by atoms with Gasteiger partial charge in [-0.1, -0.05) is 18.9 Å². The number of halogens is 1. The van der Waals surface area contributed by atoms with E-state index < -0.39 is 35.3 Å². The summed E-state index contributed by atoms with van der Waals surface area (Å²) >= 11 is 0. The SMILES string of the molecule is CN=CC(NC(=O)C1CCCCC1C(=O)c1ccc(-c2cc(C)[nH]n2)cc1F)=C(N)C(N)=O. The summed E-state index contributed by atoms with van der Waals surface area (Å²) in [7, 11) is 1.45. The number of benzene rings is 1. The Morgan fingerprint density at radius 1 is 1.18 bits per heavy atom. The highest BCUT2D eigenvalue weighted by molar-refractivity contribution is 6.03. The van der Waals surface area contributed by atoms with Crippen LogP contribution >= 0.6 is 0 Å². The standard InChI is InChI=1S/C23H27FN6O3/c1-12-9-18(30-29-12)13-7-8-16(17(24)10-13)21(31)14-5-3-4-6-15(14)23(33)28-19(11-27-2)20(25)22(26)32/h7-11,14-15H,3-6,25H2,1-2H3,(H2,26,32)(H,28,33)(H,29,30). The van der Waals surface area contributed by atoms with Crippen LogP contribution in [0.15, 0.2) is 40.7 Å². The summed E-state index contributed by atoms with van der Waals surface area (Å²) in [4.78, 5) is 41.5. The number of Topliss-reactive ketones (excluding diaryl/α,β-unsaturated/α-hetero) is 1. The number of amides is 2. The van der Waals surface area contributed by atoms with E-state index in [4.69, 9.17) is 11.5 Å². The number of rotatable bonds is 7. The van der Waals surface area contributed by atoms with Gasteiger partial charge in [0.25, 0.3) is 5.91 Å². The van der Waals surface area contributed by atoms with Gasteiger partial charge in [0.05, 0.1) is 17.0 Å². The van der Waals surface area contributed by atoms with Crippen molar-refractivity contribution in [1.29, 1.82) is 0 Å². The van der Waals surface area contributed by atoms with Crippen molar-refractivity contribution in [1.82, 2.24) is 15.5 Å². The van der Waals surface area contributed by atoms with Crippen LogP contribution in [-0.4, -0.2) is 41.1 Å². The van der Waals surface area contributed by atoms with E-state index in [0.29, 0.717) is 24.1 Å². The summed E-state index contributed by atoms with van der Waals surface area (Å²) in [5.74, 6) is -3.91. The number of aromatic nitrogens is 2. The maximum absolute atomic E-state index is 14.9. The molecule has 2 aromatic rings. The summed E-state index contributed by atoms with van der Waals surface area (Å²) in [5, 5.41) is 9.47. The maximum atomic E-state index is 14.9. The van der Waals surface area contributed by atoms with Crippen molar-refractivity contribution in [2.45, 2.75) is 32.6 Å². The van der Waals surface area contributed by atoms with Crippen molar-refractivity contribution in [2.24, 2.45) is 28.3 Å². The minimum atomic E-state index is -0.907. The Morgan fingerprint density at radius 2 is 1.88 bits per heavy atom. The molecule has 2 unspecified atom stereocenters. The summed E-state index contributed by atoms with van der Waals surface area (Å²) in [6, 6.07) is 6.11. The third-order valence-electron chi connectivity index (χ3n) is 5.75. The molecule has 0 saturated heterocycles. The first-order valence-electron chi connectivity index (χ1n) is 10.6. The van der Waals surface area contributed by atoms with Gasteiger partial charge < -0.3 is 16.8 Å². The number of hydrogen-bond donors (Lipinski definition) is 4. The number of nitrogens with two attached hydrogens (primary N) is 2. The lowest BCUT2D eigenvalue weighted by atomic mass is 9.74. The van der Waals surface area contributed by atoms with Crippen molar-refractivity contribution in [3.8, 4) is 11.3 Å². The monoisotopic (exact) mass is 454 g/mol. The van der Waals surface area contributed by atoms with Crippen LogP contribution in [0.3, 0.4) is 0 Å². The van der Waals surface area contributed by atoms with Gasteiger partial charge in [-0.25, -0.2) is 4.39 Å². The predicted octanol–water partition coefficient (Wildman–Crippen LogP) is 1.99. The molecular formula is C23H27FN6O3. The molecule has 1 aromatic carbocycles. The Kier molecular flexibility index (Phi) is 7.37. The molecule has 174 valence electrons. The van der Waals surface area contributed by atoms with Crippen LogP contribution in [-0.2, 0) is 9.59 Å². The van der Waals surface area contributed by atoms with E-state index in [2.05, 4.69) is 20.5 Å². The number of aryl methyl sites for hydroxylation is 1. The molecule has 33 heavy (non-hydrogen) atoms. The zero-order chi connectivity index (χ0) is 24.1. The van der Waals surface area contributed by atoms with E-state index in [-0.39, 0.29) is 17.0 Å². The van der Waals surface area contributed by atoms with E-state index in [0.717, 1.165) is 18.5 Å². The fourth-order valence-electron chi connectivity index (χ4n) is 4.05. The Hall–Kier alpha value is -3.82. The van der Waals surface area contributed by atoms with Gasteiger partial charge in [0.2, 0.25) is 5.91 Å². The number of hydrogen-bond acceptors (Lipinski definition) is 6. The Morgan fingerprint density at radius 3 is 2.45 bits per heavy atom. The van der Waals surface area contributed by atoms with Crippen LogP contribution < -0.4 is 16.8 Å². The van der Waals surface area contributed by atoms with Gasteiger partial charge in [0, 0.05) is 36.4 Å². The van der Waals surface area contributed by atoms with Crippen molar-refractivity contribution < 1.29 is 18.8 Å². The minimum absolute atomic E-state index is 0.0309. The number of carbonyl (C=O) groups is 3. The van der Waals surface area contributed by atoms with Gasteiger partial charge in [-0.3, -0.25) is 24.5 Å². The molecule has 3 rings (SSSR count). The van der Waals surface area contributed by atoms with Gasteiger partial charge in [0.1, 0.15) is 11.5 Å². The number of ketones is 1. The Bertz CT molecular complexity index is 1140. The van der Waals surface area contributed by atoms with Gasteiger partial charge in [0.15, 0.2) is 5.78 Å². The second-order valence-corrected chi connectivity index (χ2v) is 8.06. The van der Waals surface area contributed by atoms with Crippen LogP contribution in [0, 0.1) is 24.6 Å². The number of nitrogens with zero attached hydrogens (tertiary/aromatic N) is 2. The van der Waals surface area contributed by atoms with E-state index in [1.165, 1.54) is 25.4 Å². The molecule has 0 spiro atoms. The zero-order valence-corrected chi connectivity index (χ0v) is 18.5. The number of aliphatic imine (C=N–C) groups is 1. The first-order chi connectivity index (χ1) is 15.7. The average Bonchev–Trinajstić information content (AvgIpc) is 3.24. The smallest absolute Gasteiger partial charge is 0.266 e. The van der Waals surface area contributed by atoms with E-state index in [9.17, 15) is 18.8 Å². The highest BCUT2D eigenvalue weighted by atomic mass is 19.1. The van der Waals surface area contributed by atoms with Gasteiger partial charge in [-0.05, 0) is 38.0 Å². The number of carbonyl (C=O) groups excluding carboxylic acids is 3. The van der Waals surface area contributed by atoms with E-state index in [1.54, 1.807) is 12.1 Å². The second-order valence-electron chi connectivity index (χ2n) is 8.06. The molecule has 1 saturated carbocycles. The number of allylic oxidation sites excluding steroid dienone is 1. The van der Waals surface area contributed by atoms with Crippen LogP contribution in [0.25, 0.3) is 11.3 Å². The molecule has 1 heterocycles. The molecule has 0 aliphatic heterocycles. The van der Waals surface area contributed by atoms with Crippen molar-refractivity contribution in [3.63, 3.8) is 0 Å². The molecule has 9 nitrogen and oxygen atoms in total. The number of aromatic amines is 1. The summed E-state index contributed by atoms with van der Waals surface area (Å²) < 4.78 is 14.9. The number of primary amides is 1.